The minimum Gasteiger partial charge on any atom is -0.304 e. The quantitative estimate of drug-likeness (QED) is 0.189. The third-order valence-electron chi connectivity index (χ3n) is 5.58. The molecule has 0 aliphatic heterocycles. The zero-order valence-electron chi connectivity index (χ0n) is 18.2. The van der Waals surface area contributed by atoms with Gasteiger partial charge in [0.1, 0.15) is 5.82 Å². The number of rotatable bonds is 19. The zero-order chi connectivity index (χ0) is 19.6. The van der Waals surface area contributed by atoms with Crippen LogP contribution in [0.2, 0.25) is 0 Å². The van der Waals surface area contributed by atoms with E-state index in [0.717, 1.165) is 23.6 Å². The molecule has 0 fully saturated rings. The van der Waals surface area contributed by atoms with Gasteiger partial charge in [-0.2, -0.15) is 5.10 Å². The highest BCUT2D eigenvalue weighted by Gasteiger charge is 2.05. The van der Waals surface area contributed by atoms with Crippen molar-refractivity contribution in [3.8, 4) is 0 Å². The normalized spacial score (nSPS) is 11.3. The molecule has 0 saturated heterocycles. The Bertz CT molecular complexity index is 492. The fraction of sp³-hybridized carbons (Fsp3) is 0.913. The molecule has 27 heavy (non-hydrogen) atoms. The summed E-state index contributed by atoms with van der Waals surface area (Å²) < 4.78 is 2.99. The van der Waals surface area contributed by atoms with Crippen LogP contribution in [0, 0.1) is 4.77 Å². The van der Waals surface area contributed by atoms with Crippen molar-refractivity contribution in [1.82, 2.24) is 14.8 Å². The molecule has 1 aromatic rings. The maximum atomic E-state index is 5.34. The summed E-state index contributed by atoms with van der Waals surface area (Å²) in [6.07, 6.45) is 24.6. The Morgan fingerprint density at radius 1 is 0.667 bits per heavy atom. The number of hydrogen-bond acceptors (Lipinski definition) is 2. The van der Waals surface area contributed by atoms with Gasteiger partial charge in [-0.15, -0.1) is 0 Å². The van der Waals surface area contributed by atoms with E-state index in [1.165, 1.54) is 109 Å². The van der Waals surface area contributed by atoms with Gasteiger partial charge in [0.05, 0.1) is 0 Å². The third-order valence-corrected chi connectivity index (χ3v) is 5.89. The number of aryl methyl sites for hydroxylation is 1. The van der Waals surface area contributed by atoms with Crippen LogP contribution < -0.4 is 0 Å². The van der Waals surface area contributed by atoms with E-state index < -0.39 is 0 Å². The number of hydrogen-bond donors (Lipinski definition) is 1. The summed E-state index contributed by atoms with van der Waals surface area (Å²) in [5.41, 5.74) is 0. The van der Waals surface area contributed by atoms with Crippen LogP contribution >= 0.6 is 12.2 Å². The Hall–Kier alpha value is -0.640. The predicted octanol–water partition coefficient (Wildman–Crippen LogP) is 8.15. The molecular weight excluding hydrogens is 350 g/mol. The van der Waals surface area contributed by atoms with Gasteiger partial charge in [-0.1, -0.05) is 110 Å². The molecule has 4 heteroatoms. The number of aromatic amines is 1. The molecule has 0 aliphatic rings. The number of aromatic nitrogens is 3. The molecule has 1 aromatic heterocycles. The summed E-state index contributed by atoms with van der Waals surface area (Å²) in [6, 6.07) is 0. The van der Waals surface area contributed by atoms with Crippen LogP contribution in [0.5, 0.6) is 0 Å². The first-order chi connectivity index (χ1) is 13.3. The third kappa shape index (κ3) is 12.4. The smallest absolute Gasteiger partial charge is 0.195 e. The van der Waals surface area contributed by atoms with Gasteiger partial charge in [0.15, 0.2) is 4.77 Å². The molecule has 3 nitrogen and oxygen atoms in total. The van der Waals surface area contributed by atoms with Gasteiger partial charge in [-0.25, -0.2) is 0 Å². The maximum Gasteiger partial charge on any atom is 0.195 e. The molecule has 0 atom stereocenters. The summed E-state index contributed by atoms with van der Waals surface area (Å²) in [5, 5.41) is 7.38. The fourth-order valence-electron chi connectivity index (χ4n) is 3.74. The van der Waals surface area contributed by atoms with Crippen molar-refractivity contribution >= 4 is 12.2 Å². The first-order valence-electron chi connectivity index (χ1n) is 11.9. The Kier molecular flexibility index (Phi) is 15.8. The fourth-order valence-corrected chi connectivity index (χ4v) is 3.98. The standard InChI is InChI=1S/C23H45N3S/c1-3-5-7-8-9-10-11-12-13-14-15-16-17-18-19-20-22-24-25-23(27)26(22)21-6-4-2/h3-21H2,1-2H3,(H,25,27). The molecule has 0 saturated carbocycles. The van der Waals surface area contributed by atoms with Crippen LogP contribution in [0.25, 0.3) is 0 Å². The average molecular weight is 396 g/mol. The molecule has 1 heterocycles. The number of nitrogens with one attached hydrogen (secondary N) is 1. The monoisotopic (exact) mass is 395 g/mol. The Labute approximate surface area is 173 Å². The first kappa shape index (κ1) is 24.4. The van der Waals surface area contributed by atoms with Gasteiger partial charge in [-0.3, -0.25) is 5.10 Å². The Balaban J connectivity index is 1.89. The van der Waals surface area contributed by atoms with Crippen molar-refractivity contribution in [3.63, 3.8) is 0 Å². The van der Waals surface area contributed by atoms with Gasteiger partial charge in [-0.05, 0) is 25.1 Å². The number of H-pyrrole nitrogens is 1. The van der Waals surface area contributed by atoms with E-state index in [0.29, 0.717) is 0 Å². The van der Waals surface area contributed by atoms with E-state index in [2.05, 4.69) is 28.6 Å². The Morgan fingerprint density at radius 3 is 1.59 bits per heavy atom. The lowest BCUT2D eigenvalue weighted by Crippen LogP contribution is -2.04. The van der Waals surface area contributed by atoms with E-state index in [4.69, 9.17) is 12.2 Å². The van der Waals surface area contributed by atoms with Crippen LogP contribution in [-0.4, -0.2) is 14.8 Å². The molecule has 1 N–H and O–H groups in total. The lowest BCUT2D eigenvalue weighted by molar-refractivity contribution is 0.528. The van der Waals surface area contributed by atoms with Gasteiger partial charge in [0.25, 0.3) is 0 Å². The highest BCUT2D eigenvalue weighted by atomic mass is 32.1. The van der Waals surface area contributed by atoms with Gasteiger partial charge < -0.3 is 4.57 Å². The molecule has 158 valence electrons. The lowest BCUT2D eigenvalue weighted by atomic mass is 10.0. The highest BCUT2D eigenvalue weighted by molar-refractivity contribution is 7.71. The van der Waals surface area contributed by atoms with Crippen LogP contribution in [0.15, 0.2) is 0 Å². The molecule has 1 rings (SSSR count). The largest absolute Gasteiger partial charge is 0.304 e. The molecule has 0 amide bonds. The summed E-state index contributed by atoms with van der Waals surface area (Å²) in [5.74, 6) is 1.16. The van der Waals surface area contributed by atoms with Gasteiger partial charge in [0, 0.05) is 13.0 Å². The summed E-state index contributed by atoms with van der Waals surface area (Å²) >= 11 is 5.34. The average Bonchev–Trinajstić information content (AvgIpc) is 3.02. The zero-order valence-corrected chi connectivity index (χ0v) is 19.1. The summed E-state index contributed by atoms with van der Waals surface area (Å²) in [4.78, 5) is 0. The highest BCUT2D eigenvalue weighted by Crippen LogP contribution is 2.14. The molecule has 0 aromatic carbocycles. The second-order valence-corrected chi connectivity index (χ2v) is 8.54. The number of nitrogens with zero attached hydrogens (tertiary/aromatic N) is 2. The second kappa shape index (κ2) is 17.5. The van der Waals surface area contributed by atoms with Crippen LogP contribution in [0.4, 0.5) is 0 Å². The van der Waals surface area contributed by atoms with Crippen molar-refractivity contribution in [2.75, 3.05) is 0 Å². The van der Waals surface area contributed by atoms with E-state index in [9.17, 15) is 0 Å². The second-order valence-electron chi connectivity index (χ2n) is 8.15. The number of unbranched alkanes of at least 4 members (excludes halogenated alkanes) is 15. The van der Waals surface area contributed by atoms with E-state index in [-0.39, 0.29) is 0 Å². The molecule has 0 unspecified atom stereocenters. The van der Waals surface area contributed by atoms with Crippen molar-refractivity contribution < 1.29 is 0 Å². The van der Waals surface area contributed by atoms with Crippen molar-refractivity contribution in [2.45, 2.75) is 136 Å². The summed E-state index contributed by atoms with van der Waals surface area (Å²) in [6.45, 7) is 5.53. The maximum absolute atomic E-state index is 5.34. The van der Waals surface area contributed by atoms with Crippen molar-refractivity contribution in [1.29, 1.82) is 0 Å². The molecule has 0 radical (unpaired) electrons. The van der Waals surface area contributed by atoms with Crippen LogP contribution in [0.1, 0.15) is 129 Å². The van der Waals surface area contributed by atoms with E-state index in [1.54, 1.807) is 0 Å². The van der Waals surface area contributed by atoms with Crippen LogP contribution in [-0.2, 0) is 13.0 Å². The Morgan fingerprint density at radius 2 is 1.11 bits per heavy atom. The van der Waals surface area contributed by atoms with Crippen LogP contribution in [0.3, 0.4) is 0 Å². The first-order valence-corrected chi connectivity index (χ1v) is 12.3. The minimum absolute atomic E-state index is 0.791. The SMILES string of the molecule is CCCCCCCCCCCCCCCCCc1n[nH]c(=S)n1CCCC. The molecule has 0 spiro atoms. The lowest BCUT2D eigenvalue weighted by Gasteiger charge is -2.06. The van der Waals surface area contributed by atoms with Gasteiger partial charge in [0.2, 0.25) is 0 Å². The molecule has 0 aliphatic carbocycles. The van der Waals surface area contributed by atoms with E-state index in [1.807, 2.05) is 0 Å². The minimum atomic E-state index is 0.791. The topological polar surface area (TPSA) is 33.6 Å². The molecule has 0 bridgehead atoms. The van der Waals surface area contributed by atoms with Crippen molar-refractivity contribution in [3.05, 3.63) is 10.6 Å². The van der Waals surface area contributed by atoms with Crippen molar-refractivity contribution in [2.24, 2.45) is 0 Å². The van der Waals surface area contributed by atoms with Gasteiger partial charge >= 0.3 is 0 Å². The summed E-state index contributed by atoms with van der Waals surface area (Å²) in [7, 11) is 0. The molecular formula is C23H45N3S. The predicted molar refractivity (Wildman–Crippen MR) is 121 cm³/mol. The van der Waals surface area contributed by atoms with E-state index >= 15 is 0 Å².